The van der Waals surface area contributed by atoms with E-state index in [9.17, 15) is 0 Å². The minimum atomic E-state index is -0.327. The fourth-order valence-corrected chi connectivity index (χ4v) is 1.48. The molecule has 3 N–H and O–H groups in total. The van der Waals surface area contributed by atoms with Gasteiger partial charge in [-0.05, 0) is 19.4 Å². The molecule has 0 aromatic heterocycles. The zero-order chi connectivity index (χ0) is 12.0. The van der Waals surface area contributed by atoms with Crippen molar-refractivity contribution in [2.24, 2.45) is 5.73 Å². The van der Waals surface area contributed by atoms with Gasteiger partial charge >= 0.3 is 0 Å². The fourth-order valence-electron chi connectivity index (χ4n) is 1.48. The number of hydrogen-bond donors (Lipinski definition) is 2. The molecule has 0 fully saturated rings. The largest absolute Gasteiger partial charge is 0.493 e. The van der Waals surface area contributed by atoms with Crippen molar-refractivity contribution in [3.63, 3.8) is 0 Å². The van der Waals surface area contributed by atoms with E-state index in [1.807, 2.05) is 24.3 Å². The highest BCUT2D eigenvalue weighted by Gasteiger charge is 2.09. The quantitative estimate of drug-likeness (QED) is 0.777. The molecule has 0 aliphatic rings. The maximum atomic E-state index is 9.15. The highest BCUT2D eigenvalue weighted by Crippen LogP contribution is 2.25. The maximum absolute atomic E-state index is 9.15. The van der Waals surface area contributed by atoms with Gasteiger partial charge in [0.2, 0.25) is 0 Å². The van der Waals surface area contributed by atoms with Crippen molar-refractivity contribution >= 4 is 0 Å². The number of aliphatic hydroxyl groups is 1. The first-order valence-electron chi connectivity index (χ1n) is 5.80. The van der Waals surface area contributed by atoms with Gasteiger partial charge in [0, 0.05) is 18.0 Å². The Morgan fingerprint density at radius 1 is 1.38 bits per heavy atom. The van der Waals surface area contributed by atoms with Crippen LogP contribution in [0.25, 0.3) is 0 Å². The first-order chi connectivity index (χ1) is 7.65. The Bertz CT molecular complexity index is 313. The fraction of sp³-hybridized carbons (Fsp3) is 0.538. The maximum Gasteiger partial charge on any atom is 0.124 e. The van der Waals surface area contributed by atoms with Crippen LogP contribution in [-0.4, -0.2) is 17.8 Å². The number of nitrogens with two attached hydrogens (primary N) is 1. The Morgan fingerprint density at radius 2 is 2.06 bits per heavy atom. The van der Waals surface area contributed by atoms with Gasteiger partial charge in [0.1, 0.15) is 5.75 Å². The Labute approximate surface area is 97.2 Å². The summed E-state index contributed by atoms with van der Waals surface area (Å²) >= 11 is 0. The van der Waals surface area contributed by atoms with Gasteiger partial charge in [-0.1, -0.05) is 25.1 Å². The molecule has 0 heterocycles. The first-order valence-corrected chi connectivity index (χ1v) is 5.80. The minimum absolute atomic E-state index is 0.0164. The average Bonchev–Trinajstić information content (AvgIpc) is 2.28. The van der Waals surface area contributed by atoms with Crippen molar-refractivity contribution in [2.75, 3.05) is 6.61 Å². The molecular formula is C13H21NO2. The van der Waals surface area contributed by atoms with Crippen molar-refractivity contribution < 1.29 is 9.84 Å². The highest BCUT2D eigenvalue weighted by molar-refractivity contribution is 5.35. The summed E-state index contributed by atoms with van der Waals surface area (Å²) in [5.41, 5.74) is 7.03. The smallest absolute Gasteiger partial charge is 0.124 e. The molecule has 0 spiro atoms. The van der Waals surface area contributed by atoms with E-state index >= 15 is 0 Å². The molecule has 1 aromatic carbocycles. The third-order valence-corrected chi connectivity index (χ3v) is 2.55. The van der Waals surface area contributed by atoms with Crippen LogP contribution in [0.15, 0.2) is 24.3 Å². The summed E-state index contributed by atoms with van der Waals surface area (Å²) in [5, 5.41) is 9.15. The SMILES string of the molecule is CCC(N)c1ccccc1OCCC(C)O. The van der Waals surface area contributed by atoms with Gasteiger partial charge in [-0.25, -0.2) is 0 Å². The molecule has 0 aliphatic carbocycles. The van der Waals surface area contributed by atoms with Crippen LogP contribution in [0.2, 0.25) is 0 Å². The van der Waals surface area contributed by atoms with E-state index in [-0.39, 0.29) is 12.1 Å². The van der Waals surface area contributed by atoms with Gasteiger partial charge in [-0.2, -0.15) is 0 Å². The predicted molar refractivity (Wildman–Crippen MR) is 65.5 cm³/mol. The van der Waals surface area contributed by atoms with Crippen molar-refractivity contribution in [1.29, 1.82) is 0 Å². The van der Waals surface area contributed by atoms with Crippen LogP contribution in [0.1, 0.15) is 38.3 Å². The number of aliphatic hydroxyl groups excluding tert-OH is 1. The monoisotopic (exact) mass is 223 g/mol. The number of para-hydroxylation sites is 1. The van der Waals surface area contributed by atoms with Crippen LogP contribution in [0.4, 0.5) is 0 Å². The molecule has 0 amide bonds. The van der Waals surface area contributed by atoms with Crippen LogP contribution < -0.4 is 10.5 Å². The van der Waals surface area contributed by atoms with Crippen molar-refractivity contribution in [1.82, 2.24) is 0 Å². The van der Waals surface area contributed by atoms with E-state index in [1.54, 1.807) is 6.92 Å². The van der Waals surface area contributed by atoms with Gasteiger partial charge in [0.25, 0.3) is 0 Å². The molecule has 0 aliphatic heterocycles. The topological polar surface area (TPSA) is 55.5 Å². The molecule has 0 saturated heterocycles. The molecule has 90 valence electrons. The third kappa shape index (κ3) is 3.83. The summed E-state index contributed by atoms with van der Waals surface area (Å²) in [6, 6.07) is 7.83. The zero-order valence-electron chi connectivity index (χ0n) is 10.0. The van der Waals surface area contributed by atoms with Crippen molar-refractivity contribution in [3.05, 3.63) is 29.8 Å². The summed E-state index contributed by atoms with van der Waals surface area (Å²) in [6.07, 6.45) is 1.19. The lowest BCUT2D eigenvalue weighted by Gasteiger charge is -2.15. The predicted octanol–water partition coefficient (Wildman–Crippen LogP) is 2.25. The normalized spacial score (nSPS) is 14.5. The molecule has 3 heteroatoms. The summed E-state index contributed by atoms with van der Waals surface area (Å²) in [6.45, 7) is 4.33. The second-order valence-corrected chi connectivity index (χ2v) is 4.04. The third-order valence-electron chi connectivity index (χ3n) is 2.55. The van der Waals surface area contributed by atoms with Crippen molar-refractivity contribution in [3.8, 4) is 5.75 Å². The highest BCUT2D eigenvalue weighted by atomic mass is 16.5. The van der Waals surface area contributed by atoms with E-state index in [1.165, 1.54) is 0 Å². The zero-order valence-corrected chi connectivity index (χ0v) is 10.0. The molecule has 1 aromatic rings. The Kier molecular flexibility index (Phi) is 5.29. The summed E-state index contributed by atoms with van der Waals surface area (Å²) in [7, 11) is 0. The Morgan fingerprint density at radius 3 is 2.69 bits per heavy atom. The van der Waals surface area contributed by atoms with Crippen LogP contribution >= 0.6 is 0 Å². The molecule has 3 nitrogen and oxygen atoms in total. The standard InChI is InChI=1S/C13H21NO2/c1-3-12(14)11-6-4-5-7-13(11)16-9-8-10(2)15/h4-7,10,12,15H,3,8-9,14H2,1-2H3. The van der Waals surface area contributed by atoms with E-state index in [0.29, 0.717) is 13.0 Å². The van der Waals surface area contributed by atoms with Gasteiger partial charge in [0.15, 0.2) is 0 Å². The number of hydrogen-bond acceptors (Lipinski definition) is 3. The lowest BCUT2D eigenvalue weighted by Crippen LogP contribution is -2.12. The van der Waals surface area contributed by atoms with Gasteiger partial charge in [0.05, 0.1) is 12.7 Å². The van der Waals surface area contributed by atoms with E-state index in [0.717, 1.165) is 17.7 Å². The molecule has 16 heavy (non-hydrogen) atoms. The van der Waals surface area contributed by atoms with Gasteiger partial charge < -0.3 is 15.6 Å². The Balaban J connectivity index is 2.64. The molecular weight excluding hydrogens is 202 g/mol. The molecule has 2 unspecified atom stereocenters. The second-order valence-electron chi connectivity index (χ2n) is 4.04. The lowest BCUT2D eigenvalue weighted by molar-refractivity contribution is 0.155. The van der Waals surface area contributed by atoms with Crippen LogP contribution in [0.5, 0.6) is 5.75 Å². The molecule has 0 saturated carbocycles. The molecule has 2 atom stereocenters. The van der Waals surface area contributed by atoms with E-state index in [2.05, 4.69) is 6.92 Å². The van der Waals surface area contributed by atoms with Crippen LogP contribution in [0, 0.1) is 0 Å². The summed E-state index contributed by atoms with van der Waals surface area (Å²) in [5.74, 6) is 0.831. The Hall–Kier alpha value is -1.06. The number of benzene rings is 1. The van der Waals surface area contributed by atoms with E-state index in [4.69, 9.17) is 15.6 Å². The first kappa shape index (κ1) is 13.0. The summed E-state index contributed by atoms with van der Waals surface area (Å²) < 4.78 is 5.63. The molecule has 0 radical (unpaired) electrons. The number of ether oxygens (including phenoxy) is 1. The molecule has 0 bridgehead atoms. The molecule has 1 rings (SSSR count). The van der Waals surface area contributed by atoms with Crippen molar-refractivity contribution in [2.45, 2.75) is 38.8 Å². The van der Waals surface area contributed by atoms with Crippen LogP contribution in [-0.2, 0) is 0 Å². The lowest BCUT2D eigenvalue weighted by atomic mass is 10.0. The minimum Gasteiger partial charge on any atom is -0.493 e. The van der Waals surface area contributed by atoms with Gasteiger partial charge in [-0.15, -0.1) is 0 Å². The average molecular weight is 223 g/mol. The summed E-state index contributed by atoms with van der Waals surface area (Å²) in [4.78, 5) is 0. The van der Waals surface area contributed by atoms with Crippen LogP contribution in [0.3, 0.4) is 0 Å². The second kappa shape index (κ2) is 6.51. The van der Waals surface area contributed by atoms with E-state index < -0.39 is 0 Å². The number of rotatable bonds is 6. The van der Waals surface area contributed by atoms with Gasteiger partial charge in [-0.3, -0.25) is 0 Å².